The summed E-state index contributed by atoms with van der Waals surface area (Å²) in [6.45, 7) is -0.402. The van der Waals surface area contributed by atoms with E-state index in [2.05, 4.69) is 0 Å². The molecule has 4 nitrogen and oxygen atoms in total. The Bertz CT molecular complexity index is 347. The molecule has 0 aromatic heterocycles. The smallest absolute Gasteiger partial charge is 0.393 e. The summed E-state index contributed by atoms with van der Waals surface area (Å²) in [6, 6.07) is 0. The van der Waals surface area contributed by atoms with Crippen LogP contribution in [0.4, 0.5) is 13.2 Å². The van der Waals surface area contributed by atoms with Gasteiger partial charge in [0.15, 0.2) is 5.78 Å². The molecule has 0 amide bonds. The number of aliphatic hydroxyl groups excluding tert-OH is 1. The van der Waals surface area contributed by atoms with Gasteiger partial charge in [0.25, 0.3) is 0 Å². The van der Waals surface area contributed by atoms with E-state index >= 15 is 0 Å². The molecule has 0 aliphatic carbocycles. The molecule has 3 rings (SSSR count). The molecule has 0 aromatic carbocycles. The number of ether oxygens (including phenoxy) is 1. The van der Waals surface area contributed by atoms with E-state index in [4.69, 9.17) is 4.74 Å². The predicted octanol–water partition coefficient (Wildman–Crippen LogP) is 0.447. The second-order valence-corrected chi connectivity index (χ2v) is 4.98. The Morgan fingerprint density at radius 1 is 1.56 bits per heavy atom. The molecule has 3 aliphatic rings. The lowest BCUT2D eigenvalue weighted by atomic mass is 9.68. The summed E-state index contributed by atoms with van der Waals surface area (Å²) in [4.78, 5) is 13.6. The Kier molecular flexibility index (Phi) is 3.42. The molecule has 2 bridgehead atoms. The molecule has 0 aromatic rings. The van der Waals surface area contributed by atoms with Gasteiger partial charge < -0.3 is 9.84 Å². The molecule has 1 N–H and O–H groups in total. The number of fused-ring (bicyclic) bond motifs is 3. The summed E-state index contributed by atoms with van der Waals surface area (Å²) in [7, 11) is 1.37. The number of aliphatic hydroxyl groups is 1. The first-order valence-electron chi connectivity index (χ1n) is 5.82. The summed E-state index contributed by atoms with van der Waals surface area (Å²) < 4.78 is 43.4. The van der Waals surface area contributed by atoms with Gasteiger partial charge in [-0.3, -0.25) is 9.69 Å². The Hall–Kier alpha value is -0.660. The molecule has 1 unspecified atom stereocenters. The van der Waals surface area contributed by atoms with Crippen molar-refractivity contribution >= 4 is 5.78 Å². The number of carbonyl (C=O) groups excluding carboxylic acids is 1. The fourth-order valence-electron chi connectivity index (χ4n) is 3.11. The SMILES string of the molecule is COC[C@@]1(CO)C(=O)[C@H]2CCN1C[C@@H]2C(F)(F)F. The van der Waals surface area contributed by atoms with Gasteiger partial charge in [-0.05, 0) is 13.0 Å². The first kappa shape index (κ1) is 13.8. The zero-order valence-electron chi connectivity index (χ0n) is 10.0. The lowest BCUT2D eigenvalue weighted by molar-refractivity contribution is -0.229. The second-order valence-electron chi connectivity index (χ2n) is 4.98. The fourth-order valence-corrected chi connectivity index (χ4v) is 3.11. The van der Waals surface area contributed by atoms with Crippen LogP contribution in [0, 0.1) is 11.8 Å². The van der Waals surface area contributed by atoms with Crippen LogP contribution in [0.25, 0.3) is 0 Å². The first-order chi connectivity index (χ1) is 8.36. The predicted molar refractivity (Wildman–Crippen MR) is 55.9 cm³/mol. The Morgan fingerprint density at radius 2 is 2.22 bits per heavy atom. The van der Waals surface area contributed by atoms with Crippen molar-refractivity contribution in [2.24, 2.45) is 11.8 Å². The van der Waals surface area contributed by atoms with E-state index in [1.54, 1.807) is 0 Å². The fraction of sp³-hybridized carbons (Fsp3) is 0.909. The van der Waals surface area contributed by atoms with Crippen LogP contribution < -0.4 is 0 Å². The zero-order valence-corrected chi connectivity index (χ0v) is 10.0. The number of methoxy groups -OCH3 is 1. The number of halogens is 3. The molecular formula is C11H16F3NO3. The van der Waals surface area contributed by atoms with E-state index < -0.39 is 35.9 Å². The molecule has 3 aliphatic heterocycles. The van der Waals surface area contributed by atoms with Gasteiger partial charge >= 0.3 is 6.18 Å². The van der Waals surface area contributed by atoms with Crippen molar-refractivity contribution in [1.82, 2.24) is 4.90 Å². The number of nitrogens with zero attached hydrogens (tertiary/aromatic N) is 1. The van der Waals surface area contributed by atoms with Crippen LogP contribution in [-0.2, 0) is 9.53 Å². The minimum absolute atomic E-state index is 0.0661. The van der Waals surface area contributed by atoms with Crippen LogP contribution >= 0.6 is 0 Å². The summed E-state index contributed by atoms with van der Waals surface area (Å²) in [6.07, 6.45) is -4.16. The van der Waals surface area contributed by atoms with Crippen molar-refractivity contribution in [3.05, 3.63) is 0 Å². The third kappa shape index (κ3) is 1.85. The van der Waals surface area contributed by atoms with Gasteiger partial charge in [-0.15, -0.1) is 0 Å². The second kappa shape index (κ2) is 4.47. The van der Waals surface area contributed by atoms with E-state index in [0.29, 0.717) is 6.54 Å². The number of ketones is 1. The van der Waals surface area contributed by atoms with Gasteiger partial charge in [-0.25, -0.2) is 0 Å². The maximum Gasteiger partial charge on any atom is 0.393 e. The van der Waals surface area contributed by atoms with Crippen LogP contribution in [0.2, 0.25) is 0 Å². The molecule has 4 atom stereocenters. The third-order valence-electron chi connectivity index (χ3n) is 4.08. The topological polar surface area (TPSA) is 49.8 Å². The average Bonchev–Trinajstić information content (AvgIpc) is 2.32. The van der Waals surface area contributed by atoms with Crippen molar-refractivity contribution < 1.29 is 27.8 Å². The molecule has 0 radical (unpaired) electrons. The molecule has 7 heteroatoms. The minimum atomic E-state index is -4.37. The van der Waals surface area contributed by atoms with Crippen LogP contribution in [0.3, 0.4) is 0 Å². The average molecular weight is 267 g/mol. The Morgan fingerprint density at radius 3 is 2.67 bits per heavy atom. The van der Waals surface area contributed by atoms with Gasteiger partial charge in [0.1, 0.15) is 5.54 Å². The zero-order chi connectivity index (χ0) is 13.6. The number of hydrogen-bond acceptors (Lipinski definition) is 4. The number of alkyl halides is 3. The molecule has 3 saturated heterocycles. The highest BCUT2D eigenvalue weighted by molar-refractivity contribution is 5.92. The summed E-state index contributed by atoms with van der Waals surface area (Å²) in [5.41, 5.74) is -1.28. The van der Waals surface area contributed by atoms with Crippen LogP contribution in [0.1, 0.15) is 6.42 Å². The molecular weight excluding hydrogens is 251 g/mol. The van der Waals surface area contributed by atoms with Crippen LogP contribution in [0.15, 0.2) is 0 Å². The molecule has 0 spiro atoms. The Labute approximate surface area is 103 Å². The standard InChI is InChI=1S/C11H16F3NO3/c1-18-6-10(5-16)9(17)7-2-3-15(10)4-8(7)11(12,13)14/h7-8,16H,2-6H2,1H3/t7-,8-,10-/m0/s1. The lowest BCUT2D eigenvalue weighted by Crippen LogP contribution is -2.72. The number of Topliss-reactive ketones (excluding diaryl/α,β-unsaturated/α-hetero) is 1. The molecule has 18 heavy (non-hydrogen) atoms. The summed E-state index contributed by atoms with van der Waals surface area (Å²) in [5.74, 6) is -3.20. The van der Waals surface area contributed by atoms with Crippen LogP contribution in [-0.4, -0.2) is 60.9 Å². The van der Waals surface area contributed by atoms with Gasteiger partial charge in [-0.2, -0.15) is 13.2 Å². The highest BCUT2D eigenvalue weighted by atomic mass is 19.4. The monoisotopic (exact) mass is 267 g/mol. The summed E-state index contributed by atoms with van der Waals surface area (Å²) in [5, 5.41) is 9.43. The van der Waals surface area contributed by atoms with Gasteiger partial charge in [0.2, 0.25) is 0 Å². The lowest BCUT2D eigenvalue weighted by Gasteiger charge is -2.54. The molecule has 3 heterocycles. The largest absolute Gasteiger partial charge is 0.394 e. The number of hydrogen-bond donors (Lipinski definition) is 1. The van der Waals surface area contributed by atoms with E-state index in [0.717, 1.165) is 0 Å². The molecule has 104 valence electrons. The molecule has 3 fully saturated rings. The van der Waals surface area contributed by atoms with Crippen LogP contribution in [0.5, 0.6) is 0 Å². The number of piperidine rings is 3. The van der Waals surface area contributed by atoms with Crippen molar-refractivity contribution in [1.29, 1.82) is 0 Å². The number of carbonyl (C=O) groups is 1. The maximum atomic E-state index is 12.8. The van der Waals surface area contributed by atoms with Crippen molar-refractivity contribution in [3.8, 4) is 0 Å². The van der Waals surface area contributed by atoms with E-state index in [9.17, 15) is 23.1 Å². The van der Waals surface area contributed by atoms with Crippen molar-refractivity contribution in [2.75, 3.05) is 33.4 Å². The van der Waals surface area contributed by atoms with Gasteiger partial charge in [0.05, 0.1) is 19.1 Å². The third-order valence-corrected chi connectivity index (χ3v) is 4.08. The van der Waals surface area contributed by atoms with Gasteiger partial charge in [0, 0.05) is 19.6 Å². The summed E-state index contributed by atoms with van der Waals surface area (Å²) >= 11 is 0. The first-order valence-corrected chi connectivity index (χ1v) is 5.82. The van der Waals surface area contributed by atoms with Gasteiger partial charge in [-0.1, -0.05) is 0 Å². The maximum absolute atomic E-state index is 12.8. The molecule has 0 saturated carbocycles. The highest BCUT2D eigenvalue weighted by Gasteiger charge is 2.62. The van der Waals surface area contributed by atoms with E-state index in [-0.39, 0.29) is 19.6 Å². The van der Waals surface area contributed by atoms with E-state index in [1.165, 1.54) is 12.0 Å². The quantitative estimate of drug-likeness (QED) is 0.806. The van der Waals surface area contributed by atoms with E-state index in [1.807, 2.05) is 0 Å². The Balaban J connectivity index is 2.31. The highest BCUT2D eigenvalue weighted by Crippen LogP contribution is 2.46. The number of rotatable bonds is 3. The van der Waals surface area contributed by atoms with Crippen molar-refractivity contribution in [2.45, 2.75) is 18.1 Å². The minimum Gasteiger partial charge on any atom is -0.394 e. The van der Waals surface area contributed by atoms with Crippen molar-refractivity contribution in [3.63, 3.8) is 0 Å². The normalized spacial score (nSPS) is 40.3.